The lowest BCUT2D eigenvalue weighted by Crippen LogP contribution is -2.04. The first-order valence-electron chi connectivity index (χ1n) is 8.55. The van der Waals surface area contributed by atoms with Gasteiger partial charge in [0.2, 0.25) is 0 Å². The molecule has 142 valence electrons. The molecule has 0 aromatic heterocycles. The van der Waals surface area contributed by atoms with E-state index in [1.807, 2.05) is 48.5 Å². The molecular formula is C21H17ClN2O4. The van der Waals surface area contributed by atoms with Gasteiger partial charge in [0.05, 0.1) is 16.2 Å². The third kappa shape index (κ3) is 4.66. The number of benzene rings is 3. The van der Waals surface area contributed by atoms with Crippen molar-refractivity contribution in [3.63, 3.8) is 0 Å². The predicted octanol–water partition coefficient (Wildman–Crippen LogP) is 5.48. The Morgan fingerprint density at radius 3 is 2.39 bits per heavy atom. The van der Waals surface area contributed by atoms with E-state index in [0.717, 1.165) is 35.1 Å². The van der Waals surface area contributed by atoms with Crippen molar-refractivity contribution in [3.05, 3.63) is 98.6 Å². The first-order valence-corrected chi connectivity index (χ1v) is 8.93. The van der Waals surface area contributed by atoms with Crippen LogP contribution in [0.1, 0.15) is 21.5 Å². The number of aryl methyl sites for hydroxylation is 2. The molecule has 0 spiro atoms. The van der Waals surface area contributed by atoms with Crippen molar-refractivity contribution in [2.24, 2.45) is 0 Å². The van der Waals surface area contributed by atoms with Crippen molar-refractivity contribution >= 4 is 34.6 Å². The van der Waals surface area contributed by atoms with Gasteiger partial charge in [0.15, 0.2) is 0 Å². The summed E-state index contributed by atoms with van der Waals surface area (Å²) in [5, 5.41) is 23.9. The van der Waals surface area contributed by atoms with E-state index in [9.17, 15) is 20.0 Å². The number of hydrogen-bond donors (Lipinski definition) is 2. The lowest BCUT2D eigenvalue weighted by Gasteiger charge is -2.10. The molecule has 0 aliphatic rings. The first kappa shape index (κ1) is 19.4. The Kier molecular flexibility index (Phi) is 5.91. The summed E-state index contributed by atoms with van der Waals surface area (Å²) in [6, 6.07) is 19.0. The fraction of sp³-hybridized carbons (Fsp3) is 0.0952. The van der Waals surface area contributed by atoms with Crippen molar-refractivity contribution in [2.45, 2.75) is 12.8 Å². The van der Waals surface area contributed by atoms with Gasteiger partial charge in [-0.3, -0.25) is 10.1 Å². The average Bonchev–Trinajstić information content (AvgIpc) is 2.68. The maximum Gasteiger partial charge on any atom is 0.338 e. The number of carboxylic acids is 1. The van der Waals surface area contributed by atoms with Gasteiger partial charge < -0.3 is 10.4 Å². The van der Waals surface area contributed by atoms with Crippen LogP contribution in [-0.2, 0) is 12.8 Å². The molecule has 3 rings (SSSR count). The highest BCUT2D eigenvalue weighted by molar-refractivity contribution is 6.31. The molecule has 28 heavy (non-hydrogen) atoms. The molecule has 0 fully saturated rings. The van der Waals surface area contributed by atoms with Crippen LogP contribution in [0.2, 0.25) is 5.02 Å². The fourth-order valence-corrected chi connectivity index (χ4v) is 3.05. The lowest BCUT2D eigenvalue weighted by atomic mass is 10.0. The molecule has 0 atom stereocenters. The van der Waals surface area contributed by atoms with Crippen LogP contribution in [-0.4, -0.2) is 16.0 Å². The number of halogens is 1. The summed E-state index contributed by atoms with van der Waals surface area (Å²) in [7, 11) is 0. The molecule has 3 aromatic rings. The highest BCUT2D eigenvalue weighted by Crippen LogP contribution is 2.26. The van der Waals surface area contributed by atoms with E-state index >= 15 is 0 Å². The van der Waals surface area contributed by atoms with E-state index in [2.05, 4.69) is 5.32 Å². The number of hydrogen-bond acceptors (Lipinski definition) is 4. The molecule has 0 saturated heterocycles. The standard InChI is InChI=1S/C21H17ClN2O4/c22-19-4-2-1-3-15(19)8-5-14-6-9-16(10-7-14)23-20-12-11-17(24(27)28)13-18(20)21(25)26/h1-4,6-7,9-13,23H,5,8H2,(H,25,26). The number of rotatable bonds is 7. The van der Waals surface area contributed by atoms with Crippen LogP contribution in [0.4, 0.5) is 17.1 Å². The summed E-state index contributed by atoms with van der Waals surface area (Å²) in [5.41, 5.74) is 2.77. The number of anilines is 2. The summed E-state index contributed by atoms with van der Waals surface area (Å²) in [4.78, 5) is 21.6. The van der Waals surface area contributed by atoms with E-state index in [-0.39, 0.29) is 11.3 Å². The second-order valence-corrected chi connectivity index (χ2v) is 6.61. The van der Waals surface area contributed by atoms with Gasteiger partial charge in [0, 0.05) is 22.8 Å². The van der Waals surface area contributed by atoms with Crippen molar-refractivity contribution in [2.75, 3.05) is 5.32 Å². The van der Waals surface area contributed by atoms with Gasteiger partial charge in [0.1, 0.15) is 0 Å². The van der Waals surface area contributed by atoms with Crippen LogP contribution >= 0.6 is 11.6 Å². The van der Waals surface area contributed by atoms with Gasteiger partial charge in [-0.1, -0.05) is 41.9 Å². The molecule has 2 N–H and O–H groups in total. The van der Waals surface area contributed by atoms with Crippen LogP contribution < -0.4 is 5.32 Å². The van der Waals surface area contributed by atoms with Crippen molar-refractivity contribution < 1.29 is 14.8 Å². The number of carboxylic acid groups (broad SMARTS) is 1. The summed E-state index contributed by atoms with van der Waals surface area (Å²) in [6.07, 6.45) is 1.64. The van der Waals surface area contributed by atoms with E-state index in [1.54, 1.807) is 0 Å². The zero-order valence-electron chi connectivity index (χ0n) is 14.8. The maximum atomic E-state index is 11.4. The summed E-state index contributed by atoms with van der Waals surface area (Å²) in [6.45, 7) is 0. The van der Waals surface area contributed by atoms with Crippen LogP contribution in [0.5, 0.6) is 0 Å². The Bertz CT molecular complexity index is 1020. The summed E-state index contributed by atoms with van der Waals surface area (Å²) in [5.74, 6) is -1.23. The highest BCUT2D eigenvalue weighted by Gasteiger charge is 2.16. The minimum Gasteiger partial charge on any atom is -0.478 e. The molecule has 0 unspecified atom stereocenters. The normalized spacial score (nSPS) is 10.5. The first-order chi connectivity index (χ1) is 13.4. The molecule has 0 heterocycles. The largest absolute Gasteiger partial charge is 0.478 e. The van der Waals surface area contributed by atoms with Gasteiger partial charge in [-0.25, -0.2) is 4.79 Å². The Morgan fingerprint density at radius 2 is 1.75 bits per heavy atom. The van der Waals surface area contributed by atoms with Crippen LogP contribution in [0.25, 0.3) is 0 Å². The third-order valence-corrected chi connectivity index (χ3v) is 4.69. The molecule has 0 aliphatic heterocycles. The number of nitro benzene ring substituents is 1. The van der Waals surface area contributed by atoms with Gasteiger partial charge in [-0.2, -0.15) is 0 Å². The van der Waals surface area contributed by atoms with Gasteiger partial charge in [-0.05, 0) is 48.2 Å². The Labute approximate surface area is 166 Å². The monoisotopic (exact) mass is 396 g/mol. The number of nitrogens with zero attached hydrogens (tertiary/aromatic N) is 1. The molecule has 0 bridgehead atoms. The molecular weight excluding hydrogens is 380 g/mol. The quantitative estimate of drug-likeness (QED) is 0.407. The van der Waals surface area contributed by atoms with Crippen molar-refractivity contribution in [1.29, 1.82) is 0 Å². The number of non-ortho nitro benzene ring substituents is 1. The Morgan fingerprint density at radius 1 is 1.04 bits per heavy atom. The van der Waals surface area contributed by atoms with Crippen molar-refractivity contribution in [3.8, 4) is 0 Å². The fourth-order valence-electron chi connectivity index (χ4n) is 2.82. The summed E-state index contributed by atoms with van der Waals surface area (Å²) < 4.78 is 0. The summed E-state index contributed by atoms with van der Waals surface area (Å²) >= 11 is 6.18. The van der Waals surface area contributed by atoms with Crippen LogP contribution in [0.15, 0.2) is 66.7 Å². The van der Waals surface area contributed by atoms with Gasteiger partial charge in [0.25, 0.3) is 5.69 Å². The smallest absolute Gasteiger partial charge is 0.338 e. The Hall–Kier alpha value is -3.38. The molecule has 0 aliphatic carbocycles. The van der Waals surface area contributed by atoms with Gasteiger partial charge >= 0.3 is 5.97 Å². The van der Waals surface area contributed by atoms with Crippen LogP contribution in [0.3, 0.4) is 0 Å². The lowest BCUT2D eigenvalue weighted by molar-refractivity contribution is -0.384. The van der Waals surface area contributed by atoms with Gasteiger partial charge in [-0.15, -0.1) is 0 Å². The minimum atomic E-state index is -1.23. The van der Waals surface area contributed by atoms with E-state index in [4.69, 9.17) is 11.6 Å². The average molecular weight is 397 g/mol. The van der Waals surface area contributed by atoms with E-state index in [0.29, 0.717) is 11.4 Å². The topological polar surface area (TPSA) is 92.5 Å². The SMILES string of the molecule is O=C(O)c1cc([N+](=O)[O-])ccc1Nc1ccc(CCc2ccccc2Cl)cc1. The van der Waals surface area contributed by atoms with Crippen molar-refractivity contribution in [1.82, 2.24) is 0 Å². The molecule has 7 heteroatoms. The van der Waals surface area contributed by atoms with E-state index in [1.165, 1.54) is 12.1 Å². The maximum absolute atomic E-state index is 11.4. The Balaban J connectivity index is 1.71. The second kappa shape index (κ2) is 8.54. The number of aromatic carboxylic acids is 1. The molecule has 0 saturated carbocycles. The predicted molar refractivity (Wildman–Crippen MR) is 109 cm³/mol. The number of nitrogens with one attached hydrogen (secondary N) is 1. The minimum absolute atomic E-state index is 0.156. The van der Waals surface area contributed by atoms with Crippen LogP contribution in [0, 0.1) is 10.1 Å². The molecule has 0 amide bonds. The highest BCUT2D eigenvalue weighted by atomic mass is 35.5. The second-order valence-electron chi connectivity index (χ2n) is 6.21. The zero-order valence-corrected chi connectivity index (χ0v) is 15.5. The van der Waals surface area contributed by atoms with E-state index < -0.39 is 10.9 Å². The molecule has 6 nitrogen and oxygen atoms in total. The number of nitro groups is 1. The zero-order chi connectivity index (χ0) is 20.1. The molecule has 3 aromatic carbocycles. The third-order valence-electron chi connectivity index (χ3n) is 4.32. The molecule has 0 radical (unpaired) electrons. The number of carbonyl (C=O) groups is 1.